The first-order chi connectivity index (χ1) is 14.7. The highest BCUT2D eigenvalue weighted by molar-refractivity contribution is 6.00. The summed E-state index contributed by atoms with van der Waals surface area (Å²) < 4.78 is 5.80. The van der Waals surface area contributed by atoms with Crippen molar-refractivity contribution in [3.8, 4) is 0 Å². The largest absolute Gasteiger partial charge is 0.441 e. The Morgan fingerprint density at radius 2 is 1.97 bits per heavy atom. The van der Waals surface area contributed by atoms with Crippen LogP contribution in [-0.4, -0.2) is 46.9 Å². The van der Waals surface area contributed by atoms with Gasteiger partial charge in [-0.15, -0.1) is 0 Å². The fraction of sp³-hybridized carbons (Fsp3) is 0.250. The molecule has 1 saturated heterocycles. The molecule has 1 fully saturated rings. The Balaban J connectivity index is 1.47. The second-order valence-electron chi connectivity index (χ2n) is 7.53. The van der Waals surface area contributed by atoms with E-state index in [4.69, 9.17) is 4.42 Å². The third kappa shape index (κ3) is 3.50. The van der Waals surface area contributed by atoms with Gasteiger partial charge in [0.25, 0.3) is 5.91 Å². The quantitative estimate of drug-likeness (QED) is 0.856. The summed E-state index contributed by atoms with van der Waals surface area (Å²) in [6.07, 6.45) is 14.4. The van der Waals surface area contributed by atoms with E-state index in [9.17, 15) is 4.79 Å². The molecule has 3 aliphatic rings. The van der Waals surface area contributed by atoms with E-state index in [1.807, 2.05) is 55.6 Å². The summed E-state index contributed by atoms with van der Waals surface area (Å²) in [5.41, 5.74) is 5.29. The van der Waals surface area contributed by atoms with Crippen molar-refractivity contribution in [2.45, 2.75) is 13.3 Å². The molecule has 0 saturated carbocycles. The third-order valence-electron chi connectivity index (χ3n) is 5.57. The summed E-state index contributed by atoms with van der Waals surface area (Å²) in [5, 5.41) is 3.36. The second kappa shape index (κ2) is 7.80. The number of fused-ring (bicyclic) bond motifs is 2. The normalized spacial score (nSPS) is 21.0. The van der Waals surface area contributed by atoms with E-state index in [0.717, 1.165) is 72.1 Å². The van der Waals surface area contributed by atoms with Gasteiger partial charge in [0.2, 0.25) is 0 Å². The first-order valence-electron chi connectivity index (χ1n) is 10.4. The molecule has 4 heterocycles. The molecule has 0 atom stereocenters. The smallest absolute Gasteiger partial charge is 0.255 e. The number of carbonyl (C=O) groups excluding carboxylic acids is 1. The van der Waals surface area contributed by atoms with Gasteiger partial charge in [-0.1, -0.05) is 25.1 Å². The number of amides is 1. The first-order valence-corrected chi connectivity index (χ1v) is 10.4. The van der Waals surface area contributed by atoms with Gasteiger partial charge < -0.3 is 14.6 Å². The molecule has 6 heteroatoms. The van der Waals surface area contributed by atoms with Crippen LogP contribution >= 0.6 is 0 Å². The van der Waals surface area contributed by atoms with Gasteiger partial charge in [0.05, 0.1) is 5.70 Å². The summed E-state index contributed by atoms with van der Waals surface area (Å²) in [6, 6.07) is 5.88. The fourth-order valence-corrected chi connectivity index (χ4v) is 3.92. The number of aromatic nitrogens is 1. The standard InChI is InChI=1S/C24H24N4O2/c1-2-23-26-21-9-6-18(14-22(21)30-23)17-4-3-5-19-7-8-20(16-28(19)24(29)15-17)27-12-10-25-11-13-27/h3-9,14-16,25H,2,10-13H2,1H3/b4-3?,17-15?,19-5+. The Labute approximate surface area is 175 Å². The average molecular weight is 400 g/mol. The molecule has 0 unspecified atom stereocenters. The molecule has 0 bridgehead atoms. The van der Waals surface area contributed by atoms with Crippen LogP contribution in [0.25, 0.3) is 16.7 Å². The minimum atomic E-state index is -0.0653. The van der Waals surface area contributed by atoms with Gasteiger partial charge in [0, 0.05) is 50.6 Å². The van der Waals surface area contributed by atoms with Gasteiger partial charge >= 0.3 is 0 Å². The number of hydrogen-bond donors (Lipinski definition) is 1. The molecule has 3 aliphatic heterocycles. The van der Waals surface area contributed by atoms with E-state index < -0.39 is 0 Å². The maximum absolute atomic E-state index is 13.2. The average Bonchev–Trinajstić information content (AvgIpc) is 3.20. The number of hydrogen-bond acceptors (Lipinski definition) is 5. The number of nitrogens with one attached hydrogen (secondary N) is 1. The summed E-state index contributed by atoms with van der Waals surface area (Å²) in [4.78, 5) is 21.6. The highest BCUT2D eigenvalue weighted by Gasteiger charge is 2.21. The SMILES string of the molecule is CCc1nc2ccc(C3=CC(=O)N4C=C(N5CCNCC5)C=C/C4=C\C=C3)cc2o1. The molecule has 2 aromatic rings. The Kier molecular flexibility index (Phi) is 4.85. The van der Waals surface area contributed by atoms with Crippen molar-refractivity contribution in [1.29, 1.82) is 0 Å². The number of carbonyl (C=O) groups is 1. The zero-order chi connectivity index (χ0) is 20.5. The number of oxazole rings is 1. The Bertz CT molecular complexity index is 1140. The van der Waals surface area contributed by atoms with Crippen LogP contribution < -0.4 is 5.32 Å². The highest BCUT2D eigenvalue weighted by Crippen LogP contribution is 2.27. The molecule has 6 nitrogen and oxygen atoms in total. The molecule has 1 aromatic carbocycles. The Hall–Kier alpha value is -3.38. The molecule has 5 rings (SSSR count). The van der Waals surface area contributed by atoms with E-state index in [-0.39, 0.29) is 5.91 Å². The van der Waals surface area contributed by atoms with Crippen LogP contribution in [-0.2, 0) is 11.2 Å². The maximum Gasteiger partial charge on any atom is 0.255 e. The molecule has 0 aliphatic carbocycles. The van der Waals surface area contributed by atoms with Crippen LogP contribution in [0.2, 0.25) is 0 Å². The molecule has 30 heavy (non-hydrogen) atoms. The van der Waals surface area contributed by atoms with Crippen molar-refractivity contribution in [2.75, 3.05) is 26.2 Å². The molecule has 1 amide bonds. The van der Waals surface area contributed by atoms with E-state index in [0.29, 0.717) is 0 Å². The lowest BCUT2D eigenvalue weighted by atomic mass is 10.0. The van der Waals surface area contributed by atoms with E-state index in [2.05, 4.69) is 21.3 Å². The lowest BCUT2D eigenvalue weighted by Gasteiger charge is -2.33. The Morgan fingerprint density at radius 3 is 2.80 bits per heavy atom. The number of piperazine rings is 1. The predicted octanol–water partition coefficient (Wildman–Crippen LogP) is 3.37. The van der Waals surface area contributed by atoms with Crippen LogP contribution in [0.4, 0.5) is 0 Å². The number of allylic oxidation sites excluding steroid dienone is 6. The minimum Gasteiger partial charge on any atom is -0.441 e. The third-order valence-corrected chi connectivity index (χ3v) is 5.57. The lowest BCUT2D eigenvalue weighted by Crippen LogP contribution is -2.43. The lowest BCUT2D eigenvalue weighted by molar-refractivity contribution is -0.122. The van der Waals surface area contributed by atoms with Gasteiger partial charge in [-0.2, -0.15) is 0 Å². The Morgan fingerprint density at radius 1 is 1.13 bits per heavy atom. The van der Waals surface area contributed by atoms with E-state index >= 15 is 0 Å². The van der Waals surface area contributed by atoms with Crippen LogP contribution in [0.3, 0.4) is 0 Å². The van der Waals surface area contributed by atoms with Crippen molar-refractivity contribution in [1.82, 2.24) is 20.1 Å². The van der Waals surface area contributed by atoms with Crippen LogP contribution in [0.5, 0.6) is 0 Å². The van der Waals surface area contributed by atoms with Crippen molar-refractivity contribution in [3.05, 3.63) is 83.7 Å². The van der Waals surface area contributed by atoms with Crippen molar-refractivity contribution in [2.24, 2.45) is 0 Å². The van der Waals surface area contributed by atoms with Crippen molar-refractivity contribution in [3.63, 3.8) is 0 Å². The summed E-state index contributed by atoms with van der Waals surface area (Å²) in [5.74, 6) is 0.656. The number of rotatable bonds is 3. The maximum atomic E-state index is 13.2. The monoisotopic (exact) mass is 400 g/mol. The van der Waals surface area contributed by atoms with Crippen LogP contribution in [0.1, 0.15) is 18.4 Å². The van der Waals surface area contributed by atoms with Gasteiger partial charge in [-0.3, -0.25) is 9.69 Å². The minimum absolute atomic E-state index is 0.0653. The van der Waals surface area contributed by atoms with Crippen LogP contribution in [0, 0.1) is 0 Å². The molecule has 0 spiro atoms. The zero-order valence-corrected chi connectivity index (χ0v) is 17.0. The second-order valence-corrected chi connectivity index (χ2v) is 7.53. The number of benzene rings is 1. The van der Waals surface area contributed by atoms with Gasteiger partial charge in [-0.05, 0) is 41.5 Å². The van der Waals surface area contributed by atoms with Crippen molar-refractivity contribution < 1.29 is 9.21 Å². The molecule has 152 valence electrons. The van der Waals surface area contributed by atoms with E-state index in [1.165, 1.54) is 0 Å². The molecule has 1 aromatic heterocycles. The summed E-state index contributed by atoms with van der Waals surface area (Å²) in [6.45, 7) is 5.81. The van der Waals surface area contributed by atoms with Gasteiger partial charge in [0.1, 0.15) is 5.52 Å². The van der Waals surface area contributed by atoms with Crippen LogP contribution in [0.15, 0.2) is 76.7 Å². The molecule has 0 radical (unpaired) electrons. The topological polar surface area (TPSA) is 61.6 Å². The highest BCUT2D eigenvalue weighted by atomic mass is 16.3. The fourth-order valence-electron chi connectivity index (χ4n) is 3.92. The van der Waals surface area contributed by atoms with Gasteiger partial charge in [0.15, 0.2) is 11.5 Å². The van der Waals surface area contributed by atoms with E-state index in [1.54, 1.807) is 11.0 Å². The number of aryl methyl sites for hydroxylation is 1. The summed E-state index contributed by atoms with van der Waals surface area (Å²) in [7, 11) is 0. The first kappa shape index (κ1) is 18.6. The van der Waals surface area contributed by atoms with Gasteiger partial charge in [-0.25, -0.2) is 4.98 Å². The zero-order valence-electron chi connectivity index (χ0n) is 17.0. The molecular formula is C24H24N4O2. The number of nitrogens with zero attached hydrogens (tertiary/aromatic N) is 3. The molecule has 1 N–H and O–H groups in total. The van der Waals surface area contributed by atoms with Crippen molar-refractivity contribution >= 4 is 22.6 Å². The predicted molar refractivity (Wildman–Crippen MR) is 117 cm³/mol. The molecular weight excluding hydrogens is 376 g/mol. The summed E-state index contributed by atoms with van der Waals surface area (Å²) >= 11 is 0.